The lowest BCUT2D eigenvalue weighted by molar-refractivity contribution is -0.139. The standard InChI is InChI=1S/C30H17ClF5N3O5S/c1-44-22-7-3-13(16-9-14(29(42)43)2-5-20(16)32)8-17(22)27(40)39-25-18-12-37-24(31)11-23(18)45-26(25)28(41)38-15-4-6-21(33)19(10-15)30(34,35)36/h2-12H,1H3,(H,38,41)(H,39,40)(H,42,43). The lowest BCUT2D eigenvalue weighted by Gasteiger charge is -2.14. The Morgan fingerprint density at radius 1 is 0.933 bits per heavy atom. The first-order chi connectivity index (χ1) is 21.3. The van der Waals surface area contributed by atoms with E-state index in [-0.39, 0.29) is 54.8 Å². The topological polar surface area (TPSA) is 118 Å². The summed E-state index contributed by atoms with van der Waals surface area (Å²) in [7, 11) is 1.28. The van der Waals surface area contributed by atoms with Gasteiger partial charge in [0.25, 0.3) is 11.8 Å². The molecule has 3 N–H and O–H groups in total. The van der Waals surface area contributed by atoms with E-state index in [0.29, 0.717) is 16.8 Å². The molecule has 2 aromatic heterocycles. The fourth-order valence-corrected chi connectivity index (χ4v) is 5.66. The van der Waals surface area contributed by atoms with E-state index in [9.17, 15) is 41.4 Å². The van der Waals surface area contributed by atoms with Crippen LogP contribution < -0.4 is 15.4 Å². The van der Waals surface area contributed by atoms with Crippen molar-refractivity contribution in [2.45, 2.75) is 6.18 Å². The van der Waals surface area contributed by atoms with Crippen molar-refractivity contribution in [3.63, 3.8) is 0 Å². The second-order valence-electron chi connectivity index (χ2n) is 9.32. The molecular weight excluding hydrogens is 645 g/mol. The Hall–Kier alpha value is -5.08. The average Bonchev–Trinajstić information content (AvgIpc) is 3.34. The van der Waals surface area contributed by atoms with Crippen LogP contribution in [-0.2, 0) is 6.18 Å². The quantitative estimate of drug-likeness (QED) is 0.120. The third-order valence-corrected chi connectivity index (χ3v) is 7.84. The number of pyridine rings is 1. The Bertz CT molecular complexity index is 2010. The van der Waals surface area contributed by atoms with Crippen LogP contribution in [0.2, 0.25) is 5.15 Å². The van der Waals surface area contributed by atoms with Crippen molar-refractivity contribution >= 4 is 62.2 Å². The van der Waals surface area contributed by atoms with Gasteiger partial charge in [0.1, 0.15) is 27.4 Å². The predicted octanol–water partition coefficient (Wildman–Crippen LogP) is 8.13. The van der Waals surface area contributed by atoms with Gasteiger partial charge in [-0.15, -0.1) is 11.3 Å². The molecule has 0 unspecified atom stereocenters. The van der Waals surface area contributed by atoms with Crippen molar-refractivity contribution in [3.8, 4) is 16.9 Å². The summed E-state index contributed by atoms with van der Waals surface area (Å²) >= 11 is 6.85. The van der Waals surface area contributed by atoms with Gasteiger partial charge >= 0.3 is 12.1 Å². The van der Waals surface area contributed by atoms with E-state index in [4.69, 9.17) is 16.3 Å². The number of rotatable bonds is 7. The van der Waals surface area contributed by atoms with Gasteiger partial charge in [0.2, 0.25) is 0 Å². The van der Waals surface area contributed by atoms with Gasteiger partial charge in [-0.25, -0.2) is 18.6 Å². The van der Waals surface area contributed by atoms with Gasteiger partial charge in [-0.1, -0.05) is 17.7 Å². The maximum Gasteiger partial charge on any atom is 0.419 e. The average molecular weight is 662 g/mol. The van der Waals surface area contributed by atoms with Crippen LogP contribution in [0.5, 0.6) is 5.75 Å². The number of halogens is 6. The van der Waals surface area contributed by atoms with Crippen molar-refractivity contribution in [2.75, 3.05) is 17.7 Å². The van der Waals surface area contributed by atoms with E-state index in [1.54, 1.807) is 0 Å². The van der Waals surface area contributed by atoms with E-state index >= 15 is 0 Å². The third-order valence-electron chi connectivity index (χ3n) is 6.48. The van der Waals surface area contributed by atoms with Crippen LogP contribution in [0, 0.1) is 11.6 Å². The Balaban J connectivity index is 1.55. The predicted molar refractivity (Wildman–Crippen MR) is 157 cm³/mol. The first-order valence-electron chi connectivity index (χ1n) is 12.6. The molecule has 3 aromatic carbocycles. The molecule has 5 rings (SSSR count). The van der Waals surface area contributed by atoms with E-state index in [0.717, 1.165) is 35.6 Å². The number of hydrogen-bond acceptors (Lipinski definition) is 6. The largest absolute Gasteiger partial charge is 0.496 e. The molecule has 0 saturated carbocycles. The Labute approximate surface area is 259 Å². The third kappa shape index (κ3) is 6.42. The summed E-state index contributed by atoms with van der Waals surface area (Å²) in [5.74, 6) is -5.30. The van der Waals surface area contributed by atoms with Gasteiger partial charge in [0, 0.05) is 27.5 Å². The molecule has 0 bridgehead atoms. The first-order valence-corrected chi connectivity index (χ1v) is 13.7. The van der Waals surface area contributed by atoms with Gasteiger partial charge in [0.05, 0.1) is 29.5 Å². The number of nitrogens with zero attached hydrogens (tertiary/aromatic N) is 1. The molecule has 0 spiro atoms. The summed E-state index contributed by atoms with van der Waals surface area (Å²) in [6, 6.07) is 10.6. The van der Waals surface area contributed by atoms with Gasteiger partial charge < -0.3 is 20.5 Å². The lowest BCUT2D eigenvalue weighted by atomic mass is 9.99. The molecule has 0 aliphatic heterocycles. The highest BCUT2D eigenvalue weighted by molar-refractivity contribution is 7.21. The smallest absolute Gasteiger partial charge is 0.419 e. The van der Waals surface area contributed by atoms with E-state index in [1.807, 2.05) is 0 Å². The number of alkyl halides is 3. The number of carboxylic acid groups (broad SMARTS) is 1. The van der Waals surface area contributed by atoms with Crippen molar-refractivity contribution in [1.29, 1.82) is 0 Å². The number of thiophene rings is 1. The molecule has 2 amide bonds. The van der Waals surface area contributed by atoms with Crippen LogP contribution in [-0.4, -0.2) is 35.0 Å². The number of aromatic carboxylic acids is 1. The zero-order valence-electron chi connectivity index (χ0n) is 22.6. The number of fused-ring (bicyclic) bond motifs is 1. The highest BCUT2D eigenvalue weighted by Gasteiger charge is 2.34. The molecule has 0 aliphatic rings. The Morgan fingerprint density at radius 3 is 2.36 bits per heavy atom. The number of methoxy groups -OCH3 is 1. The number of amides is 2. The van der Waals surface area contributed by atoms with Crippen molar-refractivity contribution in [3.05, 3.63) is 105 Å². The number of ether oxygens (including phenoxy) is 1. The summed E-state index contributed by atoms with van der Waals surface area (Å²) in [6.07, 6.45) is -3.74. The number of benzene rings is 3. The van der Waals surface area contributed by atoms with Crippen molar-refractivity contribution in [1.82, 2.24) is 4.98 Å². The molecule has 45 heavy (non-hydrogen) atoms. The second kappa shape index (κ2) is 12.1. The fourth-order valence-electron chi connectivity index (χ4n) is 4.37. The fraction of sp³-hybridized carbons (Fsp3) is 0.0667. The van der Waals surface area contributed by atoms with Crippen molar-refractivity contribution < 1.29 is 46.2 Å². The van der Waals surface area contributed by atoms with Gasteiger partial charge in [-0.2, -0.15) is 13.2 Å². The van der Waals surface area contributed by atoms with Crippen LogP contribution in [0.1, 0.15) is 36.0 Å². The number of carbonyl (C=O) groups is 3. The number of anilines is 2. The molecule has 0 fully saturated rings. The van der Waals surface area contributed by atoms with E-state index in [2.05, 4.69) is 15.6 Å². The molecule has 15 heteroatoms. The van der Waals surface area contributed by atoms with E-state index < -0.39 is 41.2 Å². The van der Waals surface area contributed by atoms with Gasteiger partial charge in [-0.05, 0) is 60.2 Å². The highest BCUT2D eigenvalue weighted by atomic mass is 35.5. The molecule has 230 valence electrons. The zero-order valence-corrected chi connectivity index (χ0v) is 24.1. The van der Waals surface area contributed by atoms with Crippen LogP contribution in [0.25, 0.3) is 21.2 Å². The SMILES string of the molecule is COc1ccc(-c2cc(C(=O)O)ccc2F)cc1C(=O)Nc1c(C(=O)Nc2ccc(F)c(C(F)(F)F)c2)sc2cc(Cl)ncc12. The molecule has 0 aliphatic carbocycles. The van der Waals surface area contributed by atoms with Crippen LogP contribution in [0.3, 0.4) is 0 Å². The number of nitrogens with one attached hydrogen (secondary N) is 2. The van der Waals surface area contributed by atoms with Crippen LogP contribution >= 0.6 is 22.9 Å². The van der Waals surface area contributed by atoms with E-state index in [1.165, 1.54) is 37.6 Å². The van der Waals surface area contributed by atoms with Gasteiger partial charge in [0.15, 0.2) is 0 Å². The number of aromatic nitrogens is 1. The summed E-state index contributed by atoms with van der Waals surface area (Å²) in [5.41, 5.74) is -2.31. The maximum atomic E-state index is 14.7. The summed E-state index contributed by atoms with van der Waals surface area (Å²) in [6.45, 7) is 0. The monoisotopic (exact) mass is 661 g/mol. The zero-order chi connectivity index (χ0) is 32.6. The summed E-state index contributed by atoms with van der Waals surface area (Å²) in [5, 5.41) is 14.5. The molecule has 5 aromatic rings. The number of carboxylic acids is 1. The molecule has 0 radical (unpaired) electrons. The molecule has 8 nitrogen and oxygen atoms in total. The number of hydrogen-bond donors (Lipinski definition) is 3. The summed E-state index contributed by atoms with van der Waals surface area (Å²) in [4.78, 5) is 42.3. The first kappa shape index (κ1) is 31.3. The summed E-state index contributed by atoms with van der Waals surface area (Å²) < 4.78 is 73.9. The van der Waals surface area contributed by atoms with Gasteiger partial charge in [-0.3, -0.25) is 9.59 Å². The highest BCUT2D eigenvalue weighted by Crippen LogP contribution is 2.39. The van der Waals surface area contributed by atoms with Crippen LogP contribution in [0.4, 0.5) is 33.3 Å². The normalized spacial score (nSPS) is 11.4. The molecule has 2 heterocycles. The maximum absolute atomic E-state index is 14.7. The molecule has 0 atom stereocenters. The second-order valence-corrected chi connectivity index (χ2v) is 10.8. The minimum Gasteiger partial charge on any atom is -0.496 e. The molecule has 0 saturated heterocycles. The minimum atomic E-state index is -5.02. The Morgan fingerprint density at radius 2 is 1.67 bits per heavy atom. The minimum absolute atomic E-state index is 0.0451. The lowest BCUT2D eigenvalue weighted by Crippen LogP contribution is -2.18. The van der Waals surface area contributed by atoms with Crippen molar-refractivity contribution in [2.24, 2.45) is 0 Å². The Kier molecular flexibility index (Phi) is 8.45. The van der Waals surface area contributed by atoms with Crippen LogP contribution in [0.15, 0.2) is 66.9 Å². The molecular formula is C30H17ClF5N3O5S. The number of carbonyl (C=O) groups excluding carboxylic acids is 2.